The minimum atomic E-state index is -1.10. The summed E-state index contributed by atoms with van der Waals surface area (Å²) in [5.41, 5.74) is 0.357. The Morgan fingerprint density at radius 1 is 1.19 bits per heavy atom. The molecule has 116 valence electrons. The molecule has 0 bridgehead atoms. The number of ether oxygens (including phenoxy) is 1. The molecule has 3 N–H and O–H groups in total. The van der Waals surface area contributed by atoms with Crippen molar-refractivity contribution >= 4 is 12.2 Å². The predicted molar refractivity (Wildman–Crippen MR) is 79.5 cm³/mol. The van der Waals surface area contributed by atoms with E-state index in [1.165, 1.54) is 0 Å². The number of carboxylic acid groups (broad SMARTS) is 1. The second-order valence-electron chi connectivity index (χ2n) is 4.77. The van der Waals surface area contributed by atoms with Crippen LogP contribution in [0.5, 0.6) is 0 Å². The van der Waals surface area contributed by atoms with Crippen molar-refractivity contribution in [2.24, 2.45) is 0 Å². The van der Waals surface area contributed by atoms with Gasteiger partial charge in [0.05, 0.1) is 0 Å². The van der Waals surface area contributed by atoms with Gasteiger partial charge in [-0.2, -0.15) is 0 Å². The van der Waals surface area contributed by atoms with Gasteiger partial charge in [0.25, 0.3) is 0 Å². The van der Waals surface area contributed by atoms with E-state index in [0.29, 0.717) is 13.0 Å². The van der Waals surface area contributed by atoms with Crippen LogP contribution in [0.1, 0.15) is 25.8 Å². The molecule has 0 fully saturated rings. The number of alkyl carbamates (subject to hydrolysis) is 1. The fourth-order valence-electron chi connectivity index (χ4n) is 2.10. The summed E-state index contributed by atoms with van der Waals surface area (Å²) >= 11 is 0. The highest BCUT2D eigenvalue weighted by molar-refractivity contribution is 5.67. The van der Waals surface area contributed by atoms with Crippen molar-refractivity contribution in [2.75, 3.05) is 19.7 Å². The molecule has 0 heterocycles. The number of nitrogens with one attached hydrogen (secondary N) is 2. The molecular weight excluding hydrogens is 272 g/mol. The third-order valence-electron chi connectivity index (χ3n) is 3.44. The standard InChI is InChI=1S/C15H22N2O4/c1-3-15(10-17-13(18)19,11-21-14(20)16-4-2)12-8-6-5-7-9-12/h5-9,17H,3-4,10-11H2,1-2H3,(H,16,20)(H,18,19). The zero-order chi connectivity index (χ0) is 15.7. The number of hydrogen-bond donors (Lipinski definition) is 3. The first-order valence-electron chi connectivity index (χ1n) is 6.97. The van der Waals surface area contributed by atoms with Crippen LogP contribution in [-0.2, 0) is 10.2 Å². The average Bonchev–Trinajstić information content (AvgIpc) is 2.49. The van der Waals surface area contributed by atoms with Gasteiger partial charge in [0, 0.05) is 18.5 Å². The van der Waals surface area contributed by atoms with E-state index in [1.54, 1.807) is 6.92 Å². The van der Waals surface area contributed by atoms with Gasteiger partial charge < -0.3 is 20.5 Å². The van der Waals surface area contributed by atoms with Crippen LogP contribution in [0, 0.1) is 0 Å². The van der Waals surface area contributed by atoms with Gasteiger partial charge in [-0.1, -0.05) is 37.3 Å². The molecule has 1 aromatic carbocycles. The van der Waals surface area contributed by atoms with Gasteiger partial charge in [0.2, 0.25) is 0 Å². The molecule has 0 aromatic heterocycles. The Hall–Kier alpha value is -2.24. The van der Waals surface area contributed by atoms with E-state index in [9.17, 15) is 9.59 Å². The molecule has 0 aliphatic rings. The number of hydrogen-bond acceptors (Lipinski definition) is 3. The Bertz CT molecular complexity index is 464. The topological polar surface area (TPSA) is 87.7 Å². The third-order valence-corrected chi connectivity index (χ3v) is 3.44. The van der Waals surface area contributed by atoms with Gasteiger partial charge in [-0.05, 0) is 18.9 Å². The molecule has 0 saturated heterocycles. The summed E-state index contributed by atoms with van der Waals surface area (Å²) in [6.45, 7) is 4.52. The minimum absolute atomic E-state index is 0.111. The molecule has 1 rings (SSSR count). The van der Waals surface area contributed by atoms with Gasteiger partial charge >= 0.3 is 12.2 Å². The van der Waals surface area contributed by atoms with Crippen molar-refractivity contribution in [3.05, 3.63) is 35.9 Å². The van der Waals surface area contributed by atoms with E-state index < -0.39 is 17.6 Å². The van der Waals surface area contributed by atoms with Gasteiger partial charge in [-0.25, -0.2) is 9.59 Å². The Morgan fingerprint density at radius 3 is 2.38 bits per heavy atom. The first-order valence-corrected chi connectivity index (χ1v) is 6.97. The van der Waals surface area contributed by atoms with Gasteiger partial charge in [0.1, 0.15) is 6.61 Å². The largest absolute Gasteiger partial charge is 0.465 e. The maximum atomic E-state index is 11.5. The first kappa shape index (κ1) is 16.8. The van der Waals surface area contributed by atoms with Crippen molar-refractivity contribution in [3.8, 4) is 0 Å². The predicted octanol–water partition coefficient (Wildman–Crippen LogP) is 2.35. The zero-order valence-corrected chi connectivity index (χ0v) is 12.4. The van der Waals surface area contributed by atoms with Crippen LogP contribution >= 0.6 is 0 Å². The molecule has 6 heteroatoms. The van der Waals surface area contributed by atoms with Crippen LogP contribution < -0.4 is 10.6 Å². The van der Waals surface area contributed by atoms with Gasteiger partial charge in [-0.3, -0.25) is 0 Å². The molecule has 2 amide bonds. The highest BCUT2D eigenvalue weighted by Gasteiger charge is 2.32. The Morgan fingerprint density at radius 2 is 1.86 bits per heavy atom. The van der Waals surface area contributed by atoms with Crippen LogP contribution in [0.25, 0.3) is 0 Å². The number of benzene rings is 1. The molecule has 0 aliphatic heterocycles. The molecule has 1 atom stereocenters. The van der Waals surface area contributed by atoms with Crippen LogP contribution in [-0.4, -0.2) is 37.0 Å². The first-order chi connectivity index (χ1) is 10.0. The summed E-state index contributed by atoms with van der Waals surface area (Å²) in [5.74, 6) is 0. The number of rotatable bonds is 7. The van der Waals surface area contributed by atoms with E-state index in [4.69, 9.17) is 9.84 Å². The van der Waals surface area contributed by atoms with E-state index in [1.807, 2.05) is 37.3 Å². The van der Waals surface area contributed by atoms with Crippen LogP contribution in [0.2, 0.25) is 0 Å². The van der Waals surface area contributed by atoms with Crippen molar-refractivity contribution < 1.29 is 19.4 Å². The number of carbonyl (C=O) groups excluding carboxylic acids is 1. The van der Waals surface area contributed by atoms with Crippen LogP contribution in [0.15, 0.2) is 30.3 Å². The minimum Gasteiger partial charge on any atom is -0.465 e. The number of amides is 2. The van der Waals surface area contributed by atoms with E-state index >= 15 is 0 Å². The average molecular weight is 294 g/mol. The quantitative estimate of drug-likeness (QED) is 0.720. The summed E-state index contributed by atoms with van der Waals surface area (Å²) in [6, 6.07) is 9.47. The highest BCUT2D eigenvalue weighted by Crippen LogP contribution is 2.28. The lowest BCUT2D eigenvalue weighted by Gasteiger charge is -2.32. The SMILES string of the molecule is CCNC(=O)OCC(CC)(CNC(=O)O)c1ccccc1. The second kappa shape index (κ2) is 8.14. The molecular formula is C15H22N2O4. The monoisotopic (exact) mass is 294 g/mol. The fraction of sp³-hybridized carbons (Fsp3) is 0.467. The molecule has 0 aliphatic carbocycles. The summed E-state index contributed by atoms with van der Waals surface area (Å²) in [5, 5.41) is 13.8. The molecule has 0 radical (unpaired) electrons. The molecule has 6 nitrogen and oxygen atoms in total. The van der Waals surface area contributed by atoms with Crippen molar-refractivity contribution in [1.29, 1.82) is 0 Å². The molecule has 21 heavy (non-hydrogen) atoms. The van der Waals surface area contributed by atoms with Gasteiger partial charge in [0.15, 0.2) is 0 Å². The molecule has 1 aromatic rings. The Labute approximate surface area is 124 Å². The lowest BCUT2D eigenvalue weighted by Crippen LogP contribution is -2.44. The Balaban J connectivity index is 2.91. The van der Waals surface area contributed by atoms with E-state index in [-0.39, 0.29) is 13.2 Å². The second-order valence-corrected chi connectivity index (χ2v) is 4.77. The molecule has 1 unspecified atom stereocenters. The van der Waals surface area contributed by atoms with Crippen LogP contribution in [0.4, 0.5) is 9.59 Å². The Kier molecular flexibility index (Phi) is 6.52. The lowest BCUT2D eigenvalue weighted by atomic mass is 9.78. The normalized spacial score (nSPS) is 13.0. The van der Waals surface area contributed by atoms with Crippen molar-refractivity contribution in [3.63, 3.8) is 0 Å². The third kappa shape index (κ3) is 4.98. The van der Waals surface area contributed by atoms with Crippen molar-refractivity contribution in [1.82, 2.24) is 10.6 Å². The number of carbonyl (C=O) groups is 2. The fourth-order valence-corrected chi connectivity index (χ4v) is 2.10. The van der Waals surface area contributed by atoms with Crippen molar-refractivity contribution in [2.45, 2.75) is 25.7 Å². The molecule has 0 saturated carbocycles. The zero-order valence-electron chi connectivity index (χ0n) is 12.4. The van der Waals surface area contributed by atoms with Gasteiger partial charge in [-0.15, -0.1) is 0 Å². The summed E-state index contributed by atoms with van der Waals surface area (Å²) in [6.07, 6.45) is -0.959. The summed E-state index contributed by atoms with van der Waals surface area (Å²) in [7, 11) is 0. The highest BCUT2D eigenvalue weighted by atomic mass is 16.5. The smallest absolute Gasteiger partial charge is 0.407 e. The molecule has 0 spiro atoms. The maximum Gasteiger partial charge on any atom is 0.407 e. The summed E-state index contributed by atoms with van der Waals surface area (Å²) < 4.78 is 5.24. The van der Waals surface area contributed by atoms with E-state index in [0.717, 1.165) is 5.56 Å². The lowest BCUT2D eigenvalue weighted by molar-refractivity contribution is 0.111. The maximum absolute atomic E-state index is 11.5. The van der Waals surface area contributed by atoms with E-state index in [2.05, 4.69) is 10.6 Å². The van der Waals surface area contributed by atoms with Crippen LogP contribution in [0.3, 0.4) is 0 Å². The summed E-state index contributed by atoms with van der Waals surface area (Å²) in [4.78, 5) is 22.3.